The van der Waals surface area contributed by atoms with Gasteiger partial charge < -0.3 is 10.2 Å². The van der Waals surface area contributed by atoms with Crippen molar-refractivity contribution in [2.75, 3.05) is 0 Å². The van der Waals surface area contributed by atoms with Gasteiger partial charge in [-0.1, -0.05) is 19.6 Å². The van der Waals surface area contributed by atoms with Gasteiger partial charge >= 0.3 is 0 Å². The Bertz CT molecular complexity index is 670. The molecule has 0 heterocycles. The zero-order valence-corrected chi connectivity index (χ0v) is 14.3. The van der Waals surface area contributed by atoms with E-state index in [2.05, 4.69) is 19.6 Å². The monoisotopic (exact) mass is 330 g/mol. The van der Waals surface area contributed by atoms with E-state index in [4.69, 9.17) is 0 Å². The van der Waals surface area contributed by atoms with Crippen LogP contribution in [0.3, 0.4) is 0 Å². The van der Waals surface area contributed by atoms with E-state index in [1.54, 1.807) is 6.07 Å². The number of phenolic OH excluding ortho intramolecular Hbond substituents is 1. The Hall–Kier alpha value is -1.35. The summed E-state index contributed by atoms with van der Waals surface area (Å²) in [6.07, 6.45) is 4.94. The maximum Gasteiger partial charge on any atom is 0.115 e. The normalized spacial score (nSPS) is 40.5. The van der Waals surface area contributed by atoms with Crippen molar-refractivity contribution >= 4 is 0 Å². The molecule has 0 spiro atoms. The first-order valence-electron chi connectivity index (χ1n) is 9.22. The van der Waals surface area contributed by atoms with Gasteiger partial charge in [-0.05, 0) is 84.5 Å². The molecule has 2 nitrogen and oxygen atoms in total. The van der Waals surface area contributed by atoms with Crippen LogP contribution in [0.1, 0.15) is 56.1 Å². The first-order chi connectivity index (χ1) is 11.4. The van der Waals surface area contributed by atoms with Gasteiger partial charge in [-0.15, -0.1) is 0 Å². The summed E-state index contributed by atoms with van der Waals surface area (Å²) in [5, 5.41) is 20.4. The average molecular weight is 330 g/mol. The Balaban J connectivity index is 1.71. The van der Waals surface area contributed by atoms with Crippen molar-refractivity contribution in [3.8, 4) is 5.75 Å². The summed E-state index contributed by atoms with van der Waals surface area (Å²) in [5.74, 6) is 1.39. The van der Waals surface area contributed by atoms with E-state index in [0.29, 0.717) is 29.9 Å². The van der Waals surface area contributed by atoms with Gasteiger partial charge in [0, 0.05) is 6.42 Å². The Morgan fingerprint density at radius 1 is 1.38 bits per heavy atom. The van der Waals surface area contributed by atoms with Gasteiger partial charge in [0.15, 0.2) is 0 Å². The minimum absolute atomic E-state index is 0.000958. The molecule has 0 amide bonds. The predicted molar refractivity (Wildman–Crippen MR) is 92.5 cm³/mol. The maximum atomic E-state index is 13.6. The van der Waals surface area contributed by atoms with Crippen LogP contribution < -0.4 is 0 Å². The number of halogens is 1. The maximum absolute atomic E-state index is 13.6. The van der Waals surface area contributed by atoms with E-state index in [-0.39, 0.29) is 17.2 Å². The highest BCUT2D eigenvalue weighted by Gasteiger charge is 2.57. The van der Waals surface area contributed by atoms with Crippen LogP contribution in [-0.4, -0.2) is 16.3 Å². The summed E-state index contributed by atoms with van der Waals surface area (Å²) in [6.45, 7) is 5.75. The van der Waals surface area contributed by atoms with Crippen LogP contribution in [0.25, 0.3) is 0 Å². The van der Waals surface area contributed by atoms with Crippen LogP contribution in [0.15, 0.2) is 30.6 Å². The number of phenols is 1. The Morgan fingerprint density at radius 3 is 2.92 bits per heavy atom. The number of fused-ring (bicyclic) bond motifs is 5. The number of hydrogen-bond acceptors (Lipinski definition) is 2. The van der Waals surface area contributed by atoms with Crippen LogP contribution in [0.4, 0.5) is 4.39 Å². The molecule has 0 aromatic heterocycles. The lowest BCUT2D eigenvalue weighted by atomic mass is 9.54. The fourth-order valence-corrected chi connectivity index (χ4v) is 6.35. The summed E-state index contributed by atoms with van der Waals surface area (Å²) in [4.78, 5) is 0. The van der Waals surface area contributed by atoms with Crippen molar-refractivity contribution in [2.24, 2.45) is 23.2 Å². The molecule has 0 saturated heterocycles. The highest BCUT2D eigenvalue weighted by molar-refractivity contribution is 5.40. The molecule has 0 radical (unpaired) electrons. The standard InChI is InChI=1S/C21H27FO2/c1-12(22)9-18-19(24)11-21(2)8-7-16-15-6-4-14(23)10-13(15)3-5-17(16)20(18)21/h4,6,10,16-20,23-24H,1,3,5,7-9,11H2,2H3/t16-,17-,18+,19+,20-,21-/m1/s1. The molecule has 3 heteroatoms. The molecular formula is C21H27FO2. The van der Waals surface area contributed by atoms with Crippen molar-refractivity contribution in [2.45, 2.75) is 57.5 Å². The van der Waals surface area contributed by atoms with E-state index in [9.17, 15) is 14.6 Å². The first kappa shape index (κ1) is 16.1. The van der Waals surface area contributed by atoms with E-state index >= 15 is 0 Å². The minimum Gasteiger partial charge on any atom is -0.508 e. The lowest BCUT2D eigenvalue weighted by Crippen LogP contribution is -2.42. The van der Waals surface area contributed by atoms with E-state index in [1.807, 2.05) is 6.07 Å². The second-order valence-electron chi connectivity index (χ2n) is 8.57. The molecule has 130 valence electrons. The average Bonchev–Trinajstić information content (AvgIpc) is 2.76. The molecule has 2 fully saturated rings. The fraction of sp³-hybridized carbons (Fsp3) is 0.619. The molecule has 4 rings (SSSR count). The number of aliphatic hydroxyl groups excluding tert-OH is 1. The van der Waals surface area contributed by atoms with Crippen molar-refractivity contribution in [1.82, 2.24) is 0 Å². The number of aromatic hydroxyl groups is 1. The zero-order valence-electron chi connectivity index (χ0n) is 14.3. The third-order valence-electron chi connectivity index (χ3n) is 7.17. The number of rotatable bonds is 2. The van der Waals surface area contributed by atoms with E-state index in [1.165, 1.54) is 11.1 Å². The van der Waals surface area contributed by atoms with Gasteiger partial charge in [-0.3, -0.25) is 0 Å². The van der Waals surface area contributed by atoms with Gasteiger partial charge in [-0.2, -0.15) is 0 Å². The number of benzene rings is 1. The topological polar surface area (TPSA) is 40.5 Å². The Morgan fingerprint density at radius 2 is 2.17 bits per heavy atom. The van der Waals surface area contributed by atoms with Gasteiger partial charge in [0.25, 0.3) is 0 Å². The summed E-state index contributed by atoms with van der Waals surface area (Å²) in [6, 6.07) is 5.78. The SMILES string of the molecule is C=C(F)C[C@@H]1[C@H]2[C@@H]3CCc4cc(O)ccc4[C@H]3CC[C@]2(C)C[C@@H]1O. The third-order valence-corrected chi connectivity index (χ3v) is 7.17. The van der Waals surface area contributed by atoms with E-state index in [0.717, 1.165) is 32.1 Å². The summed E-state index contributed by atoms with van der Waals surface area (Å²) in [5.41, 5.74) is 2.75. The van der Waals surface area contributed by atoms with Crippen molar-refractivity contribution in [3.05, 3.63) is 41.7 Å². The third kappa shape index (κ3) is 2.40. The molecule has 1 aromatic rings. The molecule has 1 aromatic carbocycles. The van der Waals surface area contributed by atoms with Crippen molar-refractivity contribution in [1.29, 1.82) is 0 Å². The predicted octanol–water partition coefficient (Wildman–Crippen LogP) is 4.71. The quantitative estimate of drug-likeness (QED) is 0.824. The fourth-order valence-electron chi connectivity index (χ4n) is 6.35. The Labute approximate surface area is 143 Å². The highest BCUT2D eigenvalue weighted by atomic mass is 19.1. The number of allylic oxidation sites excluding steroid dienone is 1. The number of aliphatic hydroxyl groups is 1. The second-order valence-corrected chi connectivity index (χ2v) is 8.57. The second kappa shape index (κ2) is 5.59. The van der Waals surface area contributed by atoms with Crippen LogP contribution in [0, 0.1) is 23.2 Å². The first-order valence-corrected chi connectivity index (χ1v) is 9.22. The van der Waals surface area contributed by atoms with Gasteiger partial charge in [0.05, 0.1) is 11.9 Å². The number of hydrogen-bond donors (Lipinski definition) is 2. The van der Waals surface area contributed by atoms with E-state index < -0.39 is 6.10 Å². The van der Waals surface area contributed by atoms with Crippen molar-refractivity contribution < 1.29 is 14.6 Å². The lowest BCUT2D eigenvalue weighted by molar-refractivity contribution is 0.0278. The number of aryl methyl sites for hydroxylation is 1. The molecule has 3 aliphatic rings. The summed E-state index contributed by atoms with van der Waals surface area (Å²) < 4.78 is 13.6. The molecule has 24 heavy (non-hydrogen) atoms. The molecule has 0 aliphatic heterocycles. The summed E-state index contributed by atoms with van der Waals surface area (Å²) in [7, 11) is 0. The summed E-state index contributed by atoms with van der Waals surface area (Å²) >= 11 is 0. The van der Waals surface area contributed by atoms with Gasteiger partial charge in [-0.25, -0.2) is 4.39 Å². The molecular weight excluding hydrogens is 303 g/mol. The molecule has 0 bridgehead atoms. The molecule has 2 N–H and O–H groups in total. The van der Waals surface area contributed by atoms with Crippen molar-refractivity contribution in [3.63, 3.8) is 0 Å². The van der Waals surface area contributed by atoms with Crippen LogP contribution in [-0.2, 0) is 6.42 Å². The Kier molecular flexibility index (Phi) is 3.76. The lowest BCUT2D eigenvalue weighted by Gasteiger charge is -2.50. The van der Waals surface area contributed by atoms with Gasteiger partial charge in [0.2, 0.25) is 0 Å². The largest absolute Gasteiger partial charge is 0.508 e. The van der Waals surface area contributed by atoms with Crippen LogP contribution >= 0.6 is 0 Å². The molecule has 2 saturated carbocycles. The minimum atomic E-state index is -0.410. The molecule has 3 aliphatic carbocycles. The van der Waals surface area contributed by atoms with Gasteiger partial charge in [0.1, 0.15) is 5.75 Å². The van der Waals surface area contributed by atoms with Crippen LogP contribution in [0.5, 0.6) is 5.75 Å². The highest BCUT2D eigenvalue weighted by Crippen LogP contribution is 2.63. The molecule has 6 atom stereocenters. The smallest absolute Gasteiger partial charge is 0.115 e. The molecule has 0 unspecified atom stereocenters. The zero-order chi connectivity index (χ0) is 17.1. The van der Waals surface area contributed by atoms with Crippen LogP contribution in [0.2, 0.25) is 0 Å².